The lowest BCUT2D eigenvalue weighted by molar-refractivity contribution is -0.116. The predicted molar refractivity (Wildman–Crippen MR) is 110 cm³/mol. The van der Waals surface area contributed by atoms with E-state index in [4.69, 9.17) is 11.6 Å². The Balaban J connectivity index is 2.02. The zero-order chi connectivity index (χ0) is 20.1. The lowest BCUT2D eigenvalue weighted by Gasteiger charge is -2.16. The standard InChI is InChI=1S/C21H20ClN3O3/c1-14-16(11-12-26)21(28)25(20(23-14)15-7-3-2-4-8-15)13-19(27)24-18-10-6-5-9-17(18)22/h2-10,26H,11-13H2,1H3,(H,24,27). The minimum atomic E-state index is -0.395. The summed E-state index contributed by atoms with van der Waals surface area (Å²) in [6.45, 7) is 1.33. The van der Waals surface area contributed by atoms with Crippen LogP contribution in [-0.4, -0.2) is 27.2 Å². The number of aliphatic hydroxyl groups is 1. The second kappa shape index (κ2) is 8.82. The van der Waals surface area contributed by atoms with Crippen LogP contribution in [0.25, 0.3) is 11.4 Å². The van der Waals surface area contributed by atoms with Crippen molar-refractivity contribution < 1.29 is 9.90 Å². The number of anilines is 1. The highest BCUT2D eigenvalue weighted by atomic mass is 35.5. The van der Waals surface area contributed by atoms with Gasteiger partial charge in [0, 0.05) is 29.8 Å². The lowest BCUT2D eigenvalue weighted by Crippen LogP contribution is -2.33. The van der Waals surface area contributed by atoms with Crippen LogP contribution in [0.2, 0.25) is 5.02 Å². The molecule has 0 radical (unpaired) electrons. The van der Waals surface area contributed by atoms with Gasteiger partial charge in [0.1, 0.15) is 12.4 Å². The largest absolute Gasteiger partial charge is 0.396 e. The third-order valence-electron chi connectivity index (χ3n) is 4.31. The molecular weight excluding hydrogens is 378 g/mol. The Labute approximate surface area is 167 Å². The molecule has 3 rings (SSSR count). The number of aliphatic hydroxyl groups excluding tert-OH is 1. The number of carbonyl (C=O) groups is 1. The van der Waals surface area contributed by atoms with E-state index >= 15 is 0 Å². The normalized spacial score (nSPS) is 10.7. The van der Waals surface area contributed by atoms with Crippen LogP contribution in [0.15, 0.2) is 59.4 Å². The van der Waals surface area contributed by atoms with Crippen molar-refractivity contribution >= 4 is 23.2 Å². The van der Waals surface area contributed by atoms with Gasteiger partial charge in [-0.3, -0.25) is 14.2 Å². The van der Waals surface area contributed by atoms with E-state index in [1.54, 1.807) is 31.2 Å². The maximum atomic E-state index is 13.0. The van der Waals surface area contributed by atoms with Crippen molar-refractivity contribution in [1.82, 2.24) is 9.55 Å². The number of nitrogens with one attached hydrogen (secondary N) is 1. The van der Waals surface area contributed by atoms with Gasteiger partial charge in [-0.1, -0.05) is 54.1 Å². The molecule has 6 nitrogen and oxygen atoms in total. The molecule has 0 aliphatic carbocycles. The minimum Gasteiger partial charge on any atom is -0.396 e. The van der Waals surface area contributed by atoms with Crippen LogP contribution in [0.1, 0.15) is 11.3 Å². The van der Waals surface area contributed by atoms with Crippen molar-refractivity contribution in [3.05, 3.63) is 81.2 Å². The molecule has 0 spiro atoms. The number of hydrogen-bond donors (Lipinski definition) is 2. The van der Waals surface area contributed by atoms with E-state index < -0.39 is 5.91 Å². The molecule has 0 unspecified atom stereocenters. The summed E-state index contributed by atoms with van der Waals surface area (Å²) in [5, 5.41) is 12.4. The summed E-state index contributed by atoms with van der Waals surface area (Å²) >= 11 is 6.09. The summed E-state index contributed by atoms with van der Waals surface area (Å²) in [7, 11) is 0. The molecule has 2 aromatic carbocycles. The SMILES string of the molecule is Cc1nc(-c2ccccc2)n(CC(=O)Nc2ccccc2Cl)c(=O)c1CCO. The van der Waals surface area contributed by atoms with Crippen LogP contribution >= 0.6 is 11.6 Å². The molecule has 0 aliphatic rings. The van der Waals surface area contributed by atoms with Crippen LogP contribution < -0.4 is 10.9 Å². The highest BCUT2D eigenvalue weighted by Gasteiger charge is 2.18. The van der Waals surface area contributed by atoms with Gasteiger partial charge in [0.25, 0.3) is 5.56 Å². The van der Waals surface area contributed by atoms with Crippen LogP contribution in [0.3, 0.4) is 0 Å². The average Bonchev–Trinajstić information content (AvgIpc) is 2.69. The summed E-state index contributed by atoms with van der Waals surface area (Å²) in [5.41, 5.74) is 1.80. The lowest BCUT2D eigenvalue weighted by atomic mass is 10.1. The number of benzene rings is 2. The summed E-state index contributed by atoms with van der Waals surface area (Å²) in [6, 6.07) is 16.1. The molecule has 1 amide bonds. The summed E-state index contributed by atoms with van der Waals surface area (Å²) in [4.78, 5) is 30.2. The average molecular weight is 398 g/mol. The summed E-state index contributed by atoms with van der Waals surface area (Å²) in [6.07, 6.45) is 0.179. The van der Waals surface area contributed by atoms with Gasteiger partial charge in [0.2, 0.25) is 5.91 Å². The third kappa shape index (κ3) is 4.30. The van der Waals surface area contributed by atoms with Crippen molar-refractivity contribution in [2.24, 2.45) is 0 Å². The molecule has 0 fully saturated rings. The first kappa shape index (κ1) is 19.8. The number of aryl methyl sites for hydroxylation is 1. The smallest absolute Gasteiger partial charge is 0.257 e. The fourth-order valence-corrected chi connectivity index (χ4v) is 3.13. The topological polar surface area (TPSA) is 84.2 Å². The Bertz CT molecular complexity index is 1050. The maximum Gasteiger partial charge on any atom is 0.257 e. The van der Waals surface area contributed by atoms with Crippen LogP contribution in [-0.2, 0) is 17.8 Å². The first-order chi connectivity index (χ1) is 13.5. The highest BCUT2D eigenvalue weighted by molar-refractivity contribution is 6.33. The maximum absolute atomic E-state index is 13.0. The Kier molecular flexibility index (Phi) is 6.23. The van der Waals surface area contributed by atoms with Gasteiger partial charge in [0.05, 0.1) is 10.7 Å². The van der Waals surface area contributed by atoms with Crippen molar-refractivity contribution in [1.29, 1.82) is 0 Å². The Morgan fingerprint density at radius 3 is 2.50 bits per heavy atom. The number of amides is 1. The summed E-state index contributed by atoms with van der Waals surface area (Å²) in [5.74, 6) is 0.00656. The molecule has 3 aromatic rings. The number of aromatic nitrogens is 2. The van der Waals surface area contributed by atoms with Crippen LogP contribution in [0.5, 0.6) is 0 Å². The number of carbonyl (C=O) groups excluding carboxylic acids is 1. The molecule has 0 aliphatic heterocycles. The Hall–Kier alpha value is -2.96. The number of para-hydroxylation sites is 1. The van der Waals surface area contributed by atoms with E-state index in [2.05, 4.69) is 10.3 Å². The fraction of sp³-hybridized carbons (Fsp3) is 0.190. The van der Waals surface area contributed by atoms with E-state index in [9.17, 15) is 14.7 Å². The van der Waals surface area contributed by atoms with Crippen molar-refractivity contribution in [3.63, 3.8) is 0 Å². The van der Waals surface area contributed by atoms with E-state index in [-0.39, 0.29) is 25.1 Å². The van der Waals surface area contributed by atoms with Crippen molar-refractivity contribution in [2.75, 3.05) is 11.9 Å². The molecule has 0 saturated heterocycles. The van der Waals surface area contributed by atoms with Gasteiger partial charge < -0.3 is 10.4 Å². The molecule has 7 heteroatoms. The van der Waals surface area contributed by atoms with E-state index in [0.717, 1.165) is 5.56 Å². The number of halogens is 1. The molecule has 28 heavy (non-hydrogen) atoms. The molecule has 1 heterocycles. The molecule has 0 saturated carbocycles. The third-order valence-corrected chi connectivity index (χ3v) is 4.64. The Morgan fingerprint density at radius 2 is 1.82 bits per heavy atom. The fourth-order valence-electron chi connectivity index (χ4n) is 2.95. The number of rotatable bonds is 6. The van der Waals surface area contributed by atoms with Gasteiger partial charge in [-0.15, -0.1) is 0 Å². The first-order valence-electron chi connectivity index (χ1n) is 8.82. The highest BCUT2D eigenvalue weighted by Crippen LogP contribution is 2.21. The second-order valence-corrected chi connectivity index (χ2v) is 6.67. The van der Waals surface area contributed by atoms with Gasteiger partial charge in [-0.2, -0.15) is 0 Å². The van der Waals surface area contributed by atoms with Gasteiger partial charge in [0.15, 0.2) is 0 Å². The predicted octanol–water partition coefficient (Wildman–Crippen LogP) is 3.05. The van der Waals surface area contributed by atoms with Gasteiger partial charge >= 0.3 is 0 Å². The first-order valence-corrected chi connectivity index (χ1v) is 9.20. The minimum absolute atomic E-state index is 0.172. The Morgan fingerprint density at radius 1 is 1.14 bits per heavy atom. The van der Waals surface area contributed by atoms with Crippen molar-refractivity contribution in [2.45, 2.75) is 19.9 Å². The second-order valence-electron chi connectivity index (χ2n) is 6.26. The van der Waals surface area contributed by atoms with E-state index in [1.807, 2.05) is 30.3 Å². The molecule has 144 valence electrons. The zero-order valence-electron chi connectivity index (χ0n) is 15.4. The van der Waals surface area contributed by atoms with Gasteiger partial charge in [-0.25, -0.2) is 4.98 Å². The quantitative estimate of drug-likeness (QED) is 0.669. The molecular formula is C21H20ClN3O3. The number of hydrogen-bond acceptors (Lipinski definition) is 4. The van der Waals surface area contributed by atoms with E-state index in [1.165, 1.54) is 4.57 Å². The van der Waals surface area contributed by atoms with Crippen LogP contribution in [0.4, 0.5) is 5.69 Å². The van der Waals surface area contributed by atoms with Crippen LogP contribution in [0, 0.1) is 6.92 Å². The van der Waals surface area contributed by atoms with Gasteiger partial charge in [-0.05, 0) is 19.1 Å². The molecule has 0 bridgehead atoms. The molecule has 0 atom stereocenters. The molecule has 2 N–H and O–H groups in total. The summed E-state index contributed by atoms with van der Waals surface area (Å²) < 4.78 is 1.33. The molecule has 1 aromatic heterocycles. The van der Waals surface area contributed by atoms with E-state index in [0.29, 0.717) is 27.8 Å². The zero-order valence-corrected chi connectivity index (χ0v) is 16.1. The number of nitrogens with zero attached hydrogens (tertiary/aromatic N) is 2. The monoisotopic (exact) mass is 397 g/mol. The van der Waals surface area contributed by atoms with Crippen molar-refractivity contribution in [3.8, 4) is 11.4 Å².